The molecule has 4 N–H and O–H groups in total. The van der Waals surface area contributed by atoms with Gasteiger partial charge in [0.15, 0.2) is 0 Å². The number of aryl methyl sites for hydroxylation is 3. The average molecular weight is 222 g/mol. The van der Waals surface area contributed by atoms with Crippen LogP contribution in [0.4, 0.5) is 0 Å². The Morgan fingerprint density at radius 3 is 2.12 bits per heavy atom. The van der Waals surface area contributed by atoms with Gasteiger partial charge in [0.05, 0.1) is 6.61 Å². The summed E-state index contributed by atoms with van der Waals surface area (Å²) >= 11 is 0. The fourth-order valence-corrected chi connectivity index (χ4v) is 2.36. The Morgan fingerprint density at radius 2 is 1.75 bits per heavy atom. The molecule has 1 rings (SSSR count). The molecule has 3 nitrogen and oxygen atoms in total. The average Bonchev–Trinajstić information content (AvgIpc) is 2.22. The van der Waals surface area contributed by atoms with Crippen LogP contribution >= 0.6 is 0 Å². The molecule has 0 saturated heterocycles. The molecule has 0 amide bonds. The molecule has 90 valence electrons. The monoisotopic (exact) mass is 222 g/mol. The first-order valence-electron chi connectivity index (χ1n) is 5.62. The van der Waals surface area contributed by atoms with Gasteiger partial charge in [0.1, 0.15) is 0 Å². The van der Waals surface area contributed by atoms with Crippen molar-refractivity contribution in [2.24, 2.45) is 5.73 Å². The Balaban J connectivity index is 3.19. The zero-order valence-corrected chi connectivity index (χ0v) is 10.5. The summed E-state index contributed by atoms with van der Waals surface area (Å²) in [5, 5.41) is 12.4. The number of aliphatic hydroxyl groups excluding tert-OH is 1. The van der Waals surface area contributed by atoms with Gasteiger partial charge < -0.3 is 16.2 Å². The van der Waals surface area contributed by atoms with Crippen molar-refractivity contribution < 1.29 is 5.11 Å². The first-order chi connectivity index (χ1) is 7.51. The van der Waals surface area contributed by atoms with Crippen molar-refractivity contribution in [2.75, 3.05) is 13.7 Å². The van der Waals surface area contributed by atoms with Crippen LogP contribution in [-0.4, -0.2) is 24.8 Å². The second kappa shape index (κ2) is 5.43. The van der Waals surface area contributed by atoms with Crippen LogP contribution in [0.2, 0.25) is 0 Å². The fraction of sp³-hybridized carbons (Fsp3) is 0.538. The number of aliphatic hydroxyl groups is 1. The van der Waals surface area contributed by atoms with Gasteiger partial charge >= 0.3 is 0 Å². The Labute approximate surface area is 97.7 Å². The molecule has 1 aromatic carbocycles. The number of hydrogen-bond acceptors (Lipinski definition) is 3. The zero-order valence-electron chi connectivity index (χ0n) is 10.5. The highest BCUT2D eigenvalue weighted by Gasteiger charge is 2.20. The van der Waals surface area contributed by atoms with E-state index in [1.807, 2.05) is 7.05 Å². The summed E-state index contributed by atoms with van der Waals surface area (Å²) in [7, 11) is 1.87. The highest BCUT2D eigenvalue weighted by atomic mass is 16.3. The standard InChI is InChI=1S/C13H22N2O/c1-8-5-9(2)12(10(3)6-8)13(15-4)11(14)7-16/h5-6,11,13,15-16H,7,14H2,1-4H3. The number of nitrogens with two attached hydrogens (primary N) is 1. The number of benzene rings is 1. The quantitative estimate of drug-likeness (QED) is 0.717. The third kappa shape index (κ3) is 2.61. The van der Waals surface area contributed by atoms with Gasteiger partial charge in [-0.3, -0.25) is 0 Å². The minimum absolute atomic E-state index is 0.00519. The van der Waals surface area contributed by atoms with Crippen LogP contribution in [0.5, 0.6) is 0 Å². The number of likely N-dealkylation sites (N-methyl/N-ethyl adjacent to an activating group) is 1. The zero-order chi connectivity index (χ0) is 12.3. The summed E-state index contributed by atoms with van der Waals surface area (Å²) in [6.07, 6.45) is 0. The summed E-state index contributed by atoms with van der Waals surface area (Å²) in [5.74, 6) is 0. The van der Waals surface area contributed by atoms with Crippen molar-refractivity contribution in [2.45, 2.75) is 32.9 Å². The molecule has 0 aliphatic rings. The van der Waals surface area contributed by atoms with E-state index >= 15 is 0 Å². The molecule has 0 aliphatic heterocycles. The Morgan fingerprint density at radius 1 is 1.25 bits per heavy atom. The normalized spacial score (nSPS) is 14.9. The van der Waals surface area contributed by atoms with Crippen molar-refractivity contribution >= 4 is 0 Å². The first-order valence-corrected chi connectivity index (χ1v) is 5.62. The third-order valence-corrected chi connectivity index (χ3v) is 3.00. The number of rotatable bonds is 4. The molecule has 1 aromatic rings. The molecule has 3 heteroatoms. The number of nitrogens with one attached hydrogen (secondary N) is 1. The van der Waals surface area contributed by atoms with Gasteiger partial charge in [-0.2, -0.15) is 0 Å². The topological polar surface area (TPSA) is 58.3 Å². The minimum atomic E-state index is -0.273. The van der Waals surface area contributed by atoms with Crippen LogP contribution in [-0.2, 0) is 0 Å². The lowest BCUT2D eigenvalue weighted by molar-refractivity contribution is 0.240. The molecule has 0 heterocycles. The summed E-state index contributed by atoms with van der Waals surface area (Å²) in [6, 6.07) is 4.03. The molecular weight excluding hydrogens is 200 g/mol. The maximum Gasteiger partial charge on any atom is 0.0601 e. The van der Waals surface area contributed by atoms with Crippen LogP contribution in [0.3, 0.4) is 0 Å². The molecule has 2 atom stereocenters. The van der Waals surface area contributed by atoms with Gasteiger partial charge in [0.2, 0.25) is 0 Å². The molecule has 0 saturated carbocycles. The second-order valence-electron chi connectivity index (χ2n) is 4.43. The maximum absolute atomic E-state index is 9.17. The lowest BCUT2D eigenvalue weighted by Crippen LogP contribution is -2.39. The summed E-state index contributed by atoms with van der Waals surface area (Å²) in [5.41, 5.74) is 10.8. The summed E-state index contributed by atoms with van der Waals surface area (Å²) < 4.78 is 0. The van der Waals surface area contributed by atoms with Crippen LogP contribution in [0.1, 0.15) is 28.3 Å². The van der Waals surface area contributed by atoms with E-state index < -0.39 is 0 Å². The van der Waals surface area contributed by atoms with Gasteiger partial charge in [0.25, 0.3) is 0 Å². The van der Waals surface area contributed by atoms with Crippen molar-refractivity contribution in [3.8, 4) is 0 Å². The number of hydrogen-bond donors (Lipinski definition) is 3. The lowest BCUT2D eigenvalue weighted by Gasteiger charge is -2.26. The fourth-order valence-electron chi connectivity index (χ4n) is 2.36. The Kier molecular flexibility index (Phi) is 4.47. The second-order valence-corrected chi connectivity index (χ2v) is 4.43. The largest absolute Gasteiger partial charge is 0.395 e. The highest BCUT2D eigenvalue weighted by Crippen LogP contribution is 2.25. The first kappa shape index (κ1) is 13.2. The molecule has 0 aliphatic carbocycles. The van der Waals surface area contributed by atoms with Crippen LogP contribution < -0.4 is 11.1 Å². The van der Waals surface area contributed by atoms with Crippen LogP contribution in [0, 0.1) is 20.8 Å². The summed E-state index contributed by atoms with van der Waals surface area (Å²) in [6.45, 7) is 6.25. The minimum Gasteiger partial charge on any atom is -0.395 e. The lowest BCUT2D eigenvalue weighted by atomic mass is 9.90. The van der Waals surface area contributed by atoms with E-state index in [1.165, 1.54) is 22.3 Å². The van der Waals surface area contributed by atoms with Gasteiger partial charge in [-0.15, -0.1) is 0 Å². The van der Waals surface area contributed by atoms with E-state index in [9.17, 15) is 0 Å². The van der Waals surface area contributed by atoms with Gasteiger partial charge in [-0.25, -0.2) is 0 Å². The SMILES string of the molecule is CNC(c1c(C)cc(C)cc1C)C(N)CO. The third-order valence-electron chi connectivity index (χ3n) is 3.00. The molecule has 0 radical (unpaired) electrons. The van der Waals surface area contributed by atoms with Gasteiger partial charge in [-0.1, -0.05) is 17.7 Å². The van der Waals surface area contributed by atoms with E-state index in [1.54, 1.807) is 0 Å². The molecule has 0 fully saturated rings. The van der Waals surface area contributed by atoms with E-state index in [0.717, 1.165) is 0 Å². The van der Waals surface area contributed by atoms with E-state index in [0.29, 0.717) is 0 Å². The van der Waals surface area contributed by atoms with E-state index in [-0.39, 0.29) is 18.7 Å². The molecule has 0 bridgehead atoms. The van der Waals surface area contributed by atoms with Crippen LogP contribution in [0.25, 0.3) is 0 Å². The summed E-state index contributed by atoms with van der Waals surface area (Å²) in [4.78, 5) is 0. The predicted molar refractivity (Wildman–Crippen MR) is 67.5 cm³/mol. The van der Waals surface area contributed by atoms with Gasteiger partial charge in [0, 0.05) is 12.1 Å². The maximum atomic E-state index is 9.17. The van der Waals surface area contributed by atoms with E-state index in [4.69, 9.17) is 10.8 Å². The van der Waals surface area contributed by atoms with Crippen molar-refractivity contribution in [1.82, 2.24) is 5.32 Å². The Bertz CT molecular complexity index is 340. The predicted octanol–water partition coefficient (Wildman–Crippen LogP) is 1.19. The van der Waals surface area contributed by atoms with Gasteiger partial charge in [-0.05, 0) is 44.5 Å². The molecule has 0 spiro atoms. The van der Waals surface area contributed by atoms with Crippen molar-refractivity contribution in [1.29, 1.82) is 0 Å². The molecule has 16 heavy (non-hydrogen) atoms. The highest BCUT2D eigenvalue weighted by molar-refractivity contribution is 5.40. The van der Waals surface area contributed by atoms with Crippen molar-refractivity contribution in [3.05, 3.63) is 34.4 Å². The molecule has 0 aromatic heterocycles. The van der Waals surface area contributed by atoms with Crippen molar-refractivity contribution in [3.63, 3.8) is 0 Å². The molecular formula is C13H22N2O. The molecule has 2 unspecified atom stereocenters. The Hall–Kier alpha value is -0.900. The van der Waals surface area contributed by atoms with E-state index in [2.05, 4.69) is 38.2 Å². The smallest absolute Gasteiger partial charge is 0.0601 e. The van der Waals surface area contributed by atoms with Crippen LogP contribution in [0.15, 0.2) is 12.1 Å².